The molecule has 6 nitrogen and oxygen atoms in total. The van der Waals surface area contributed by atoms with Crippen LogP contribution >= 0.6 is 12.4 Å². The zero-order valence-electron chi connectivity index (χ0n) is 15.8. The second kappa shape index (κ2) is 10.8. The van der Waals surface area contributed by atoms with Gasteiger partial charge in [-0.05, 0) is 24.1 Å². The highest BCUT2D eigenvalue weighted by Crippen LogP contribution is 2.33. The zero-order valence-corrected chi connectivity index (χ0v) is 17.4. The van der Waals surface area contributed by atoms with E-state index in [9.17, 15) is 21.6 Å². The van der Waals surface area contributed by atoms with E-state index in [-0.39, 0.29) is 24.1 Å². The van der Waals surface area contributed by atoms with E-state index in [1.54, 1.807) is 23.1 Å². The molecule has 1 aromatic carbocycles. The van der Waals surface area contributed by atoms with Gasteiger partial charge in [-0.2, -0.15) is 17.9 Å². The molecule has 0 bridgehead atoms. The van der Waals surface area contributed by atoms with Crippen LogP contribution in [0, 0.1) is 0 Å². The molecule has 0 aliphatic rings. The third-order valence-electron chi connectivity index (χ3n) is 3.69. The summed E-state index contributed by atoms with van der Waals surface area (Å²) in [7, 11) is -4.02. The lowest BCUT2D eigenvalue weighted by Gasteiger charge is -2.21. The number of nitrogens with zero attached hydrogens (tertiary/aromatic N) is 1. The Kier molecular flexibility index (Phi) is 9.34. The van der Waals surface area contributed by atoms with Gasteiger partial charge in [-0.15, -0.1) is 12.4 Å². The fraction of sp³-hybridized carbons (Fsp3) is 0.389. The average molecular weight is 454 g/mol. The van der Waals surface area contributed by atoms with Crippen molar-refractivity contribution in [3.05, 3.63) is 59.8 Å². The highest BCUT2D eigenvalue weighted by atomic mass is 35.5. The SMILES string of the molecule is C[C@H](CNCc1ccc([C@H](NS(C)(=O)=O)C(F)(F)F)cc1)Oc1ccccn1.Cl. The predicted molar refractivity (Wildman–Crippen MR) is 106 cm³/mol. The lowest BCUT2D eigenvalue weighted by atomic mass is 10.1. The van der Waals surface area contributed by atoms with Gasteiger partial charge in [0.05, 0.1) is 6.26 Å². The van der Waals surface area contributed by atoms with Gasteiger partial charge in [0.15, 0.2) is 0 Å². The summed E-state index contributed by atoms with van der Waals surface area (Å²) in [4.78, 5) is 4.07. The molecular formula is C18H23ClF3N3O3S. The number of pyridine rings is 1. The smallest absolute Gasteiger partial charge is 0.408 e. The minimum Gasteiger partial charge on any atom is -0.473 e. The molecule has 0 unspecified atom stereocenters. The largest absolute Gasteiger partial charge is 0.473 e. The molecule has 1 aromatic heterocycles. The van der Waals surface area contributed by atoms with Crippen molar-refractivity contribution in [1.29, 1.82) is 0 Å². The van der Waals surface area contributed by atoms with Crippen LogP contribution in [0.5, 0.6) is 5.88 Å². The van der Waals surface area contributed by atoms with Crippen LogP contribution < -0.4 is 14.8 Å². The molecule has 2 rings (SSSR count). The van der Waals surface area contributed by atoms with Crippen molar-refractivity contribution in [2.75, 3.05) is 12.8 Å². The molecule has 0 amide bonds. The van der Waals surface area contributed by atoms with Crippen molar-refractivity contribution in [2.45, 2.75) is 31.8 Å². The van der Waals surface area contributed by atoms with E-state index in [4.69, 9.17) is 4.74 Å². The molecule has 11 heteroatoms. The highest BCUT2D eigenvalue weighted by molar-refractivity contribution is 7.88. The molecule has 2 aromatic rings. The first kappa shape index (κ1) is 25.2. The summed E-state index contributed by atoms with van der Waals surface area (Å²) in [6.07, 6.45) is -2.56. The van der Waals surface area contributed by atoms with E-state index in [1.807, 2.05) is 13.0 Å². The molecular weight excluding hydrogens is 431 g/mol. The summed E-state index contributed by atoms with van der Waals surface area (Å²) >= 11 is 0. The van der Waals surface area contributed by atoms with E-state index in [2.05, 4.69) is 10.3 Å². The van der Waals surface area contributed by atoms with Gasteiger partial charge < -0.3 is 10.1 Å². The van der Waals surface area contributed by atoms with Crippen molar-refractivity contribution in [3.63, 3.8) is 0 Å². The van der Waals surface area contributed by atoms with Gasteiger partial charge in [-0.3, -0.25) is 0 Å². The molecule has 2 atom stereocenters. The molecule has 0 saturated carbocycles. The lowest BCUT2D eigenvalue weighted by Crippen LogP contribution is -2.37. The maximum absolute atomic E-state index is 13.1. The van der Waals surface area contributed by atoms with Gasteiger partial charge in [0.25, 0.3) is 0 Å². The van der Waals surface area contributed by atoms with Crippen molar-refractivity contribution in [3.8, 4) is 5.88 Å². The van der Waals surface area contributed by atoms with Crippen LogP contribution in [-0.4, -0.2) is 38.5 Å². The number of alkyl halides is 3. The van der Waals surface area contributed by atoms with Crippen LogP contribution in [-0.2, 0) is 16.6 Å². The Balaban J connectivity index is 0.00000420. The molecule has 2 N–H and O–H groups in total. The van der Waals surface area contributed by atoms with Crippen molar-refractivity contribution in [2.24, 2.45) is 0 Å². The van der Waals surface area contributed by atoms with Gasteiger partial charge >= 0.3 is 6.18 Å². The quantitative estimate of drug-likeness (QED) is 0.609. The molecule has 1 heterocycles. The fourth-order valence-corrected chi connectivity index (χ4v) is 3.15. The van der Waals surface area contributed by atoms with Gasteiger partial charge in [-0.1, -0.05) is 30.3 Å². The van der Waals surface area contributed by atoms with Crippen molar-refractivity contribution >= 4 is 22.4 Å². The molecule has 0 saturated heterocycles. The second-order valence-corrected chi connectivity index (χ2v) is 8.11. The van der Waals surface area contributed by atoms with Crippen LogP contribution in [0.25, 0.3) is 0 Å². The minimum absolute atomic E-state index is 0. The molecule has 0 aliphatic heterocycles. The summed E-state index contributed by atoms with van der Waals surface area (Å²) in [6.45, 7) is 2.81. The molecule has 29 heavy (non-hydrogen) atoms. The Morgan fingerprint density at radius 1 is 1.14 bits per heavy atom. The first-order valence-corrected chi connectivity index (χ1v) is 10.3. The zero-order chi connectivity index (χ0) is 20.8. The van der Waals surface area contributed by atoms with Gasteiger partial charge in [0, 0.05) is 25.4 Å². The first-order chi connectivity index (χ1) is 13.0. The highest BCUT2D eigenvalue weighted by Gasteiger charge is 2.42. The Bertz CT molecular complexity index is 850. The van der Waals surface area contributed by atoms with Crippen LogP contribution in [0.1, 0.15) is 24.1 Å². The number of ether oxygens (including phenoxy) is 1. The van der Waals surface area contributed by atoms with Crippen LogP contribution in [0.4, 0.5) is 13.2 Å². The van der Waals surface area contributed by atoms with Crippen LogP contribution in [0.3, 0.4) is 0 Å². The topological polar surface area (TPSA) is 80.3 Å². The van der Waals surface area contributed by atoms with E-state index in [0.29, 0.717) is 25.2 Å². The molecule has 0 aliphatic carbocycles. The molecule has 0 fully saturated rings. The van der Waals surface area contributed by atoms with Crippen molar-refractivity contribution < 1.29 is 26.3 Å². The number of halogens is 4. The Morgan fingerprint density at radius 3 is 2.31 bits per heavy atom. The third-order valence-corrected chi connectivity index (χ3v) is 4.36. The number of benzene rings is 1. The van der Waals surface area contributed by atoms with Gasteiger partial charge in [0.1, 0.15) is 12.1 Å². The summed E-state index contributed by atoms with van der Waals surface area (Å²) in [6, 6.07) is 8.64. The standard InChI is InChI=1S/C18H22F3N3O3S.ClH/c1-13(27-16-5-3-4-10-23-16)11-22-12-14-6-8-15(9-7-14)17(18(19,20)21)24-28(2,25)26;/h3-10,13,17,22,24H,11-12H2,1-2H3;1H/t13-,17+;/m1./s1. The van der Waals surface area contributed by atoms with Crippen LogP contribution in [0.15, 0.2) is 48.7 Å². The van der Waals surface area contributed by atoms with Gasteiger partial charge in [-0.25, -0.2) is 13.4 Å². The van der Waals surface area contributed by atoms with E-state index in [1.165, 1.54) is 24.3 Å². The second-order valence-electron chi connectivity index (χ2n) is 6.33. The number of nitrogens with one attached hydrogen (secondary N) is 2. The summed E-state index contributed by atoms with van der Waals surface area (Å²) in [5, 5.41) is 3.15. The summed E-state index contributed by atoms with van der Waals surface area (Å²) < 4.78 is 69.1. The Morgan fingerprint density at radius 2 is 1.79 bits per heavy atom. The monoisotopic (exact) mass is 453 g/mol. The van der Waals surface area contributed by atoms with Crippen LogP contribution in [0.2, 0.25) is 0 Å². The Hall–Kier alpha value is -1.88. The molecule has 0 spiro atoms. The summed E-state index contributed by atoms with van der Waals surface area (Å²) in [5.41, 5.74) is 0.586. The Labute approximate surface area is 174 Å². The first-order valence-electron chi connectivity index (χ1n) is 8.46. The molecule has 0 radical (unpaired) electrons. The summed E-state index contributed by atoms with van der Waals surface area (Å²) in [5.74, 6) is 0.512. The predicted octanol–water partition coefficient (Wildman–Crippen LogP) is 3.21. The van der Waals surface area contributed by atoms with E-state index < -0.39 is 22.2 Å². The minimum atomic E-state index is -4.74. The molecule has 162 valence electrons. The number of rotatable bonds is 9. The number of aromatic nitrogens is 1. The number of sulfonamides is 1. The fourth-order valence-electron chi connectivity index (χ4n) is 2.45. The van der Waals surface area contributed by atoms with E-state index in [0.717, 1.165) is 5.56 Å². The number of hydrogen-bond donors (Lipinski definition) is 2. The van der Waals surface area contributed by atoms with E-state index >= 15 is 0 Å². The average Bonchev–Trinajstić information content (AvgIpc) is 2.60. The third kappa shape index (κ3) is 8.99. The maximum Gasteiger partial charge on any atom is 0.408 e. The van der Waals surface area contributed by atoms with Crippen molar-refractivity contribution in [1.82, 2.24) is 15.0 Å². The van der Waals surface area contributed by atoms with Gasteiger partial charge in [0.2, 0.25) is 15.9 Å². The normalized spacial score (nSPS) is 14.0. The maximum atomic E-state index is 13.1. The number of hydrogen-bond acceptors (Lipinski definition) is 5. The lowest BCUT2D eigenvalue weighted by molar-refractivity contribution is -0.153.